The van der Waals surface area contributed by atoms with Crippen LogP contribution >= 0.6 is 0 Å². The minimum absolute atomic E-state index is 0.492. The van der Waals surface area contributed by atoms with Gasteiger partial charge in [0.15, 0.2) is 0 Å². The van der Waals surface area contributed by atoms with E-state index in [4.69, 9.17) is 0 Å². The van der Waals surface area contributed by atoms with Gasteiger partial charge in [0.05, 0.1) is 11.1 Å². The number of hydrogen-bond donors (Lipinski definition) is 0. The molecular weight excluding hydrogens is 675 g/mol. The second-order valence-corrected chi connectivity index (χ2v) is 16.0. The van der Waals surface area contributed by atoms with E-state index in [1.807, 2.05) is 0 Å². The molecule has 8 aromatic rings. The number of rotatable bonds is 7. The van der Waals surface area contributed by atoms with Crippen LogP contribution in [0.25, 0.3) is 33.0 Å². The van der Waals surface area contributed by atoms with Crippen LogP contribution in [0, 0.1) is 13.8 Å². The van der Waals surface area contributed by atoms with Crippen molar-refractivity contribution in [1.29, 1.82) is 0 Å². The predicted molar refractivity (Wildman–Crippen MR) is 237 cm³/mol. The molecule has 10 rings (SSSR count). The molecule has 0 atom stereocenters. The predicted octanol–water partition coefficient (Wildman–Crippen LogP) is 15.0. The van der Waals surface area contributed by atoms with Gasteiger partial charge in [-0.05, 0) is 135 Å². The number of benzene rings is 8. The highest BCUT2D eigenvalue weighted by Gasteiger charge is 2.47. The summed E-state index contributed by atoms with van der Waals surface area (Å²) in [6.07, 6.45) is 6.60. The van der Waals surface area contributed by atoms with Crippen LogP contribution in [0.5, 0.6) is 0 Å². The van der Waals surface area contributed by atoms with Crippen LogP contribution in [0.15, 0.2) is 182 Å². The molecule has 1 fully saturated rings. The summed E-state index contributed by atoms with van der Waals surface area (Å²) < 4.78 is 0. The van der Waals surface area contributed by atoms with Crippen molar-refractivity contribution in [2.75, 3.05) is 4.90 Å². The highest BCUT2D eigenvalue weighted by atomic mass is 15.1. The molecule has 0 aromatic heterocycles. The third-order valence-corrected chi connectivity index (χ3v) is 12.8. The summed E-state index contributed by atoms with van der Waals surface area (Å²) in [7, 11) is 0. The van der Waals surface area contributed by atoms with Crippen LogP contribution in [0.4, 0.5) is 17.1 Å². The van der Waals surface area contributed by atoms with E-state index < -0.39 is 5.41 Å². The van der Waals surface area contributed by atoms with Gasteiger partial charge in [0.25, 0.3) is 0 Å². The van der Waals surface area contributed by atoms with Gasteiger partial charge in [-0.2, -0.15) is 0 Å². The van der Waals surface area contributed by atoms with Crippen molar-refractivity contribution in [2.45, 2.75) is 57.3 Å². The van der Waals surface area contributed by atoms with Gasteiger partial charge in [0.1, 0.15) is 0 Å². The molecule has 0 N–H and O–H groups in total. The lowest BCUT2D eigenvalue weighted by Gasteiger charge is -2.35. The van der Waals surface area contributed by atoms with Gasteiger partial charge in [0, 0.05) is 16.9 Å². The van der Waals surface area contributed by atoms with E-state index in [0.29, 0.717) is 5.92 Å². The average molecular weight is 722 g/mol. The Balaban J connectivity index is 1.27. The number of nitrogens with zero attached hydrogens (tertiary/aromatic N) is 1. The second-order valence-electron chi connectivity index (χ2n) is 16.0. The van der Waals surface area contributed by atoms with Crippen LogP contribution in [0.3, 0.4) is 0 Å². The molecule has 0 radical (unpaired) electrons. The zero-order chi connectivity index (χ0) is 37.6. The molecule has 0 heterocycles. The normalized spacial score (nSPS) is 14.7. The molecule has 0 bridgehead atoms. The van der Waals surface area contributed by atoms with Gasteiger partial charge in [-0.3, -0.25) is 0 Å². The van der Waals surface area contributed by atoms with Crippen LogP contribution in [0.1, 0.15) is 77.0 Å². The fourth-order valence-corrected chi connectivity index (χ4v) is 10.1. The van der Waals surface area contributed by atoms with E-state index in [1.54, 1.807) is 0 Å². The highest BCUT2D eigenvalue weighted by molar-refractivity contribution is 5.99. The summed E-state index contributed by atoms with van der Waals surface area (Å²) >= 11 is 0. The van der Waals surface area contributed by atoms with E-state index in [9.17, 15) is 0 Å². The number of hydrogen-bond acceptors (Lipinski definition) is 1. The molecule has 0 unspecified atom stereocenters. The summed E-state index contributed by atoms with van der Waals surface area (Å²) in [6.45, 7) is 4.51. The van der Waals surface area contributed by atoms with Gasteiger partial charge in [0.2, 0.25) is 0 Å². The van der Waals surface area contributed by atoms with Crippen molar-refractivity contribution < 1.29 is 0 Å². The smallest absolute Gasteiger partial charge is 0.0714 e. The molecular formula is C55H47N. The molecule has 2 aliphatic rings. The topological polar surface area (TPSA) is 3.24 Å². The first-order chi connectivity index (χ1) is 27.6. The summed E-state index contributed by atoms with van der Waals surface area (Å²) in [6, 6.07) is 68.6. The van der Waals surface area contributed by atoms with E-state index in [0.717, 1.165) is 5.69 Å². The maximum atomic E-state index is 2.54. The lowest BCUT2D eigenvalue weighted by atomic mass is 9.67. The zero-order valence-corrected chi connectivity index (χ0v) is 32.4. The Kier molecular flexibility index (Phi) is 8.67. The van der Waals surface area contributed by atoms with Crippen molar-refractivity contribution in [3.8, 4) is 22.3 Å². The molecule has 0 spiro atoms. The standard InChI is InChI=1S/C55H47N/c1-38-17-12-15-27-48(38)50-35-42-21-13-14-22-43(42)36-53(50)56(46-31-29-41(30-32-46)40-19-6-3-7-20-40)47-33-34-49-52(37-47)55(44-23-8-4-9-24-44,45-25-10-5-11-26-45)51-28-16-18-39(2)54(49)51/h4-5,8-18,21-37,40H,3,6-7,19-20H2,1-2H3. The first kappa shape index (κ1) is 34.3. The maximum absolute atomic E-state index is 2.54. The summed E-state index contributed by atoms with van der Waals surface area (Å²) in [5, 5.41) is 2.48. The van der Waals surface area contributed by atoms with Crippen molar-refractivity contribution in [1.82, 2.24) is 0 Å². The van der Waals surface area contributed by atoms with Gasteiger partial charge >= 0.3 is 0 Å². The zero-order valence-electron chi connectivity index (χ0n) is 32.4. The third kappa shape index (κ3) is 5.60. The first-order valence-corrected chi connectivity index (χ1v) is 20.5. The van der Waals surface area contributed by atoms with Gasteiger partial charge in [-0.25, -0.2) is 0 Å². The van der Waals surface area contributed by atoms with Crippen LogP contribution in [0.2, 0.25) is 0 Å². The first-order valence-electron chi connectivity index (χ1n) is 20.5. The Morgan fingerprint density at radius 2 is 1.05 bits per heavy atom. The van der Waals surface area contributed by atoms with E-state index in [2.05, 4.69) is 201 Å². The Hall–Kier alpha value is -6.18. The Morgan fingerprint density at radius 3 is 1.75 bits per heavy atom. The molecule has 2 aliphatic carbocycles. The van der Waals surface area contributed by atoms with Crippen molar-refractivity contribution >= 4 is 27.8 Å². The molecule has 272 valence electrons. The van der Waals surface area contributed by atoms with Crippen molar-refractivity contribution in [3.63, 3.8) is 0 Å². The molecule has 0 saturated heterocycles. The SMILES string of the molecule is Cc1ccccc1-c1cc2ccccc2cc1N(c1ccc(C2CCCCC2)cc1)c1ccc2c(c1)C(c1ccccc1)(c1ccccc1)c1cccc(C)c1-2. The molecule has 1 heteroatoms. The Labute approximate surface area is 331 Å². The van der Waals surface area contributed by atoms with Gasteiger partial charge < -0.3 is 4.90 Å². The lowest BCUT2D eigenvalue weighted by Crippen LogP contribution is -2.28. The highest BCUT2D eigenvalue weighted by Crippen LogP contribution is 2.58. The number of fused-ring (bicyclic) bond motifs is 4. The minimum Gasteiger partial charge on any atom is -0.310 e. The second kappa shape index (κ2) is 14.2. The van der Waals surface area contributed by atoms with Gasteiger partial charge in [-0.15, -0.1) is 0 Å². The van der Waals surface area contributed by atoms with Crippen molar-refractivity contribution in [2.24, 2.45) is 0 Å². The molecule has 8 aromatic carbocycles. The quantitative estimate of drug-likeness (QED) is 0.158. The molecule has 1 nitrogen and oxygen atoms in total. The third-order valence-electron chi connectivity index (χ3n) is 12.8. The Morgan fingerprint density at radius 1 is 0.446 bits per heavy atom. The molecule has 0 amide bonds. The van der Waals surface area contributed by atoms with Crippen LogP contribution < -0.4 is 4.90 Å². The monoisotopic (exact) mass is 721 g/mol. The fourth-order valence-electron chi connectivity index (χ4n) is 10.1. The van der Waals surface area contributed by atoms with Gasteiger partial charge in [-0.1, -0.05) is 165 Å². The minimum atomic E-state index is -0.492. The molecule has 1 saturated carbocycles. The summed E-state index contributed by atoms with van der Waals surface area (Å²) in [5.41, 5.74) is 17.4. The van der Waals surface area contributed by atoms with Crippen LogP contribution in [-0.4, -0.2) is 0 Å². The summed E-state index contributed by atoms with van der Waals surface area (Å²) in [5.74, 6) is 0.647. The average Bonchev–Trinajstić information content (AvgIpc) is 3.56. The Bertz CT molecular complexity index is 2640. The lowest BCUT2D eigenvalue weighted by molar-refractivity contribution is 0.443. The van der Waals surface area contributed by atoms with E-state index in [1.165, 1.54) is 115 Å². The van der Waals surface area contributed by atoms with Crippen LogP contribution in [-0.2, 0) is 5.41 Å². The summed E-state index contributed by atoms with van der Waals surface area (Å²) in [4.78, 5) is 2.54. The van der Waals surface area contributed by atoms with E-state index in [-0.39, 0.29) is 0 Å². The number of anilines is 3. The fraction of sp³-hybridized carbons (Fsp3) is 0.164. The largest absolute Gasteiger partial charge is 0.310 e. The molecule has 56 heavy (non-hydrogen) atoms. The van der Waals surface area contributed by atoms with Crippen molar-refractivity contribution in [3.05, 3.63) is 221 Å². The molecule has 0 aliphatic heterocycles. The maximum Gasteiger partial charge on any atom is 0.0714 e. The number of aryl methyl sites for hydroxylation is 2. The van der Waals surface area contributed by atoms with E-state index >= 15 is 0 Å².